The molecule has 16 heavy (non-hydrogen) atoms. The van der Waals surface area contributed by atoms with Crippen LogP contribution in [-0.4, -0.2) is 12.1 Å². The van der Waals surface area contributed by atoms with E-state index in [1.165, 1.54) is 0 Å². The summed E-state index contributed by atoms with van der Waals surface area (Å²) >= 11 is 0. The van der Waals surface area contributed by atoms with Crippen LogP contribution in [0.4, 0.5) is 5.69 Å². The molecule has 2 aromatic rings. The fourth-order valence-corrected chi connectivity index (χ4v) is 1.66. The van der Waals surface area contributed by atoms with Crippen LogP contribution in [0, 0.1) is 6.92 Å². The number of aromatic nitrogens is 1. The number of ether oxygens (including phenoxy) is 1. The zero-order valence-electron chi connectivity index (χ0n) is 9.40. The van der Waals surface area contributed by atoms with Crippen molar-refractivity contribution in [3.63, 3.8) is 0 Å². The molecule has 3 heteroatoms. The second-order valence-electron chi connectivity index (χ2n) is 3.59. The summed E-state index contributed by atoms with van der Waals surface area (Å²) in [5.41, 5.74) is 9.66. The van der Waals surface area contributed by atoms with Crippen LogP contribution in [0.1, 0.15) is 5.69 Å². The maximum absolute atomic E-state index is 5.96. The van der Waals surface area contributed by atoms with Crippen LogP contribution in [0.3, 0.4) is 0 Å². The Balaban J connectivity index is 2.59. The van der Waals surface area contributed by atoms with Crippen molar-refractivity contribution >= 4 is 5.69 Å². The van der Waals surface area contributed by atoms with Crippen molar-refractivity contribution in [2.45, 2.75) is 6.92 Å². The molecule has 0 atom stereocenters. The second-order valence-corrected chi connectivity index (χ2v) is 3.59. The van der Waals surface area contributed by atoms with Crippen molar-refractivity contribution in [1.82, 2.24) is 4.98 Å². The number of pyridine rings is 1. The quantitative estimate of drug-likeness (QED) is 0.782. The van der Waals surface area contributed by atoms with Crippen molar-refractivity contribution in [2.75, 3.05) is 12.8 Å². The lowest BCUT2D eigenvalue weighted by molar-refractivity contribution is 0.415. The molecule has 0 bridgehead atoms. The lowest BCUT2D eigenvalue weighted by Gasteiger charge is -2.09. The van der Waals surface area contributed by atoms with Crippen molar-refractivity contribution in [2.24, 2.45) is 0 Å². The van der Waals surface area contributed by atoms with Crippen LogP contribution < -0.4 is 10.5 Å². The minimum atomic E-state index is 0.733. The Hall–Kier alpha value is -2.03. The first-order valence-corrected chi connectivity index (χ1v) is 5.08. The number of anilines is 1. The zero-order valence-corrected chi connectivity index (χ0v) is 9.40. The molecule has 3 nitrogen and oxygen atoms in total. The third-order valence-corrected chi connectivity index (χ3v) is 2.56. The number of benzene rings is 1. The maximum Gasteiger partial charge on any atom is 0.119 e. The van der Waals surface area contributed by atoms with Gasteiger partial charge in [-0.15, -0.1) is 0 Å². The standard InChI is InChI=1S/C13H14N2O/c1-9-11(4-3-7-15-9)12-8-10(16-2)5-6-13(12)14/h3-8H,14H2,1-2H3. The predicted octanol–water partition coefficient (Wildman–Crippen LogP) is 2.65. The van der Waals surface area contributed by atoms with Crippen LogP contribution in [0.5, 0.6) is 5.75 Å². The lowest BCUT2D eigenvalue weighted by atomic mass is 10.0. The number of nitrogens with zero attached hydrogens (tertiary/aromatic N) is 1. The first kappa shape index (κ1) is 10.5. The molecule has 0 unspecified atom stereocenters. The summed E-state index contributed by atoms with van der Waals surface area (Å²) in [5, 5.41) is 0. The van der Waals surface area contributed by atoms with Gasteiger partial charge >= 0.3 is 0 Å². The first-order chi connectivity index (χ1) is 7.72. The monoisotopic (exact) mass is 214 g/mol. The normalized spacial score (nSPS) is 10.1. The molecule has 1 aromatic carbocycles. The Kier molecular flexibility index (Phi) is 2.77. The van der Waals surface area contributed by atoms with E-state index in [0.717, 1.165) is 28.3 Å². The summed E-state index contributed by atoms with van der Waals surface area (Å²) in [4.78, 5) is 4.26. The van der Waals surface area contributed by atoms with Crippen LogP contribution in [0.25, 0.3) is 11.1 Å². The van der Waals surface area contributed by atoms with Gasteiger partial charge in [-0.2, -0.15) is 0 Å². The number of aryl methyl sites for hydroxylation is 1. The zero-order chi connectivity index (χ0) is 11.5. The van der Waals surface area contributed by atoms with E-state index in [0.29, 0.717) is 0 Å². The molecule has 2 N–H and O–H groups in total. The van der Waals surface area contributed by atoms with Gasteiger partial charge in [0.2, 0.25) is 0 Å². The molecule has 0 aliphatic rings. The summed E-state index contributed by atoms with van der Waals surface area (Å²) in [6.07, 6.45) is 1.77. The summed E-state index contributed by atoms with van der Waals surface area (Å²) in [5.74, 6) is 0.799. The maximum atomic E-state index is 5.96. The molecular weight excluding hydrogens is 200 g/mol. The highest BCUT2D eigenvalue weighted by atomic mass is 16.5. The SMILES string of the molecule is COc1ccc(N)c(-c2cccnc2C)c1. The molecule has 0 saturated heterocycles. The van der Waals surface area contributed by atoms with Gasteiger partial charge in [-0.3, -0.25) is 4.98 Å². The smallest absolute Gasteiger partial charge is 0.119 e. The third kappa shape index (κ3) is 1.84. The molecule has 0 amide bonds. The van der Waals surface area contributed by atoms with Crippen LogP contribution >= 0.6 is 0 Å². The summed E-state index contributed by atoms with van der Waals surface area (Å²) in [6.45, 7) is 1.97. The van der Waals surface area contributed by atoms with Crippen LogP contribution in [0.2, 0.25) is 0 Å². The van der Waals surface area contributed by atoms with Gasteiger partial charge in [-0.25, -0.2) is 0 Å². The minimum absolute atomic E-state index is 0.733. The molecule has 82 valence electrons. The van der Waals surface area contributed by atoms with Crippen molar-refractivity contribution in [3.05, 3.63) is 42.2 Å². The van der Waals surface area contributed by atoms with E-state index in [9.17, 15) is 0 Å². The number of rotatable bonds is 2. The van der Waals surface area contributed by atoms with Crippen LogP contribution in [0.15, 0.2) is 36.5 Å². The van der Waals surface area contributed by atoms with E-state index in [1.54, 1.807) is 13.3 Å². The summed E-state index contributed by atoms with van der Waals surface area (Å²) in [7, 11) is 1.64. The van der Waals surface area contributed by atoms with Gasteiger partial charge in [-0.05, 0) is 31.2 Å². The number of hydrogen-bond acceptors (Lipinski definition) is 3. The Morgan fingerprint density at radius 2 is 2.00 bits per heavy atom. The van der Waals surface area contributed by atoms with Gasteiger partial charge < -0.3 is 10.5 Å². The number of nitrogen functional groups attached to an aromatic ring is 1. The molecule has 0 aliphatic carbocycles. The van der Waals surface area contributed by atoms with Crippen LogP contribution in [-0.2, 0) is 0 Å². The van der Waals surface area contributed by atoms with E-state index in [2.05, 4.69) is 4.98 Å². The van der Waals surface area contributed by atoms with Crippen molar-refractivity contribution < 1.29 is 4.74 Å². The fourth-order valence-electron chi connectivity index (χ4n) is 1.66. The second kappa shape index (κ2) is 4.23. The average molecular weight is 214 g/mol. The van der Waals surface area contributed by atoms with Gasteiger partial charge in [0.25, 0.3) is 0 Å². The summed E-state index contributed by atoms with van der Waals surface area (Å²) < 4.78 is 5.20. The molecule has 0 fully saturated rings. The Morgan fingerprint density at radius 1 is 1.19 bits per heavy atom. The summed E-state index contributed by atoms with van der Waals surface area (Å²) in [6, 6.07) is 9.54. The average Bonchev–Trinajstić information content (AvgIpc) is 2.31. The molecule has 1 heterocycles. The largest absolute Gasteiger partial charge is 0.497 e. The highest BCUT2D eigenvalue weighted by molar-refractivity contribution is 5.78. The lowest BCUT2D eigenvalue weighted by Crippen LogP contribution is -1.94. The highest BCUT2D eigenvalue weighted by Gasteiger charge is 2.07. The molecule has 0 saturated carbocycles. The van der Waals surface area contributed by atoms with E-state index in [1.807, 2.05) is 37.3 Å². The van der Waals surface area contributed by atoms with E-state index >= 15 is 0 Å². The van der Waals surface area contributed by atoms with E-state index in [4.69, 9.17) is 10.5 Å². The third-order valence-electron chi connectivity index (χ3n) is 2.56. The number of hydrogen-bond donors (Lipinski definition) is 1. The number of methoxy groups -OCH3 is 1. The van der Waals surface area contributed by atoms with Gasteiger partial charge in [0.05, 0.1) is 7.11 Å². The molecule has 1 aromatic heterocycles. The Morgan fingerprint density at radius 3 is 2.69 bits per heavy atom. The van der Waals surface area contributed by atoms with Gasteiger partial charge in [0.1, 0.15) is 5.75 Å². The molecule has 2 rings (SSSR count). The van der Waals surface area contributed by atoms with Gasteiger partial charge in [-0.1, -0.05) is 6.07 Å². The Labute approximate surface area is 94.9 Å². The molecule has 0 aliphatic heterocycles. The van der Waals surface area contributed by atoms with Gasteiger partial charge in [0.15, 0.2) is 0 Å². The molecule has 0 radical (unpaired) electrons. The fraction of sp³-hybridized carbons (Fsp3) is 0.154. The highest BCUT2D eigenvalue weighted by Crippen LogP contribution is 2.30. The van der Waals surface area contributed by atoms with E-state index in [-0.39, 0.29) is 0 Å². The van der Waals surface area contributed by atoms with Crippen molar-refractivity contribution in [3.8, 4) is 16.9 Å². The topological polar surface area (TPSA) is 48.1 Å². The van der Waals surface area contributed by atoms with Crippen molar-refractivity contribution in [1.29, 1.82) is 0 Å². The molecule has 0 spiro atoms. The van der Waals surface area contributed by atoms with Gasteiger partial charge in [0, 0.05) is 28.7 Å². The molecular formula is C13H14N2O. The van der Waals surface area contributed by atoms with E-state index < -0.39 is 0 Å². The predicted molar refractivity (Wildman–Crippen MR) is 65.4 cm³/mol. The minimum Gasteiger partial charge on any atom is -0.497 e. The Bertz CT molecular complexity index is 509. The number of nitrogens with two attached hydrogens (primary N) is 1. The first-order valence-electron chi connectivity index (χ1n) is 5.08.